The molecule has 4 saturated carbocycles. The Morgan fingerprint density at radius 1 is 0.800 bits per heavy atom. The average molecular weight is 613 g/mol. The minimum Gasteiger partial charge on any atom is -0.426 e. The molecule has 2 aromatic carbocycles. The Hall–Kier alpha value is -2.49. The highest BCUT2D eigenvalue weighted by atomic mass is 16.5. The Labute approximate surface area is 273 Å². The number of fused-ring (bicyclic) bond motifs is 5. The first-order valence-electron chi connectivity index (χ1n) is 18.4. The predicted molar refractivity (Wildman–Crippen MR) is 186 cm³/mol. The highest BCUT2D eigenvalue weighted by Crippen LogP contribution is 2.69. The first-order chi connectivity index (χ1) is 21.5. The van der Waals surface area contributed by atoms with Crippen LogP contribution in [-0.2, 0) is 11.2 Å². The van der Waals surface area contributed by atoms with Crippen LogP contribution in [0, 0.1) is 64.1 Å². The van der Waals surface area contributed by atoms with Gasteiger partial charge in [0, 0.05) is 11.4 Å². The van der Waals surface area contributed by atoms with Gasteiger partial charge in [-0.1, -0.05) is 66.0 Å². The van der Waals surface area contributed by atoms with Crippen molar-refractivity contribution in [3.8, 4) is 5.75 Å². The van der Waals surface area contributed by atoms with Crippen molar-refractivity contribution in [2.45, 2.75) is 112 Å². The van der Waals surface area contributed by atoms with E-state index in [0.717, 1.165) is 48.6 Å². The maximum atomic E-state index is 14.3. The molecule has 0 radical (unpaired) electrons. The first-order valence-corrected chi connectivity index (χ1v) is 18.4. The number of hydrogen-bond acceptors (Lipinski definition) is 4. The summed E-state index contributed by atoms with van der Waals surface area (Å²) < 4.78 is 6.20. The smallest absolute Gasteiger partial charge is 0.314 e. The van der Waals surface area contributed by atoms with Gasteiger partial charge in [0.2, 0.25) is 0 Å². The molecule has 4 nitrogen and oxygen atoms in total. The monoisotopic (exact) mass is 612 g/mol. The zero-order valence-electron chi connectivity index (χ0n) is 28.8. The SMILES string of the molecule is CC(C)CCCC(C)C1CCC2C3CC(C(=O)Oc4ccc(N)cc4)C4CC(Cc5ccc(N)cc5)CCC4(C)C3CCC12C. The summed E-state index contributed by atoms with van der Waals surface area (Å²) in [5.74, 6) is 5.98. The van der Waals surface area contributed by atoms with Crippen LogP contribution < -0.4 is 16.2 Å². The molecule has 0 spiro atoms. The van der Waals surface area contributed by atoms with E-state index in [1.807, 2.05) is 36.4 Å². The molecule has 4 fully saturated rings. The van der Waals surface area contributed by atoms with Crippen molar-refractivity contribution in [3.05, 3.63) is 54.1 Å². The maximum Gasteiger partial charge on any atom is 0.314 e. The average Bonchev–Trinajstić information content (AvgIpc) is 3.36. The van der Waals surface area contributed by atoms with Gasteiger partial charge in [0.05, 0.1) is 5.92 Å². The molecule has 4 aliphatic rings. The van der Waals surface area contributed by atoms with Gasteiger partial charge in [0.15, 0.2) is 0 Å². The molecule has 2 aromatic rings. The van der Waals surface area contributed by atoms with Crippen molar-refractivity contribution in [1.29, 1.82) is 0 Å². The third-order valence-corrected chi connectivity index (χ3v) is 13.9. The summed E-state index contributed by atoms with van der Waals surface area (Å²) in [5, 5.41) is 0. The second-order valence-electron chi connectivity index (χ2n) is 16.9. The van der Waals surface area contributed by atoms with Crippen LogP contribution in [0.25, 0.3) is 0 Å². The van der Waals surface area contributed by atoms with Crippen molar-refractivity contribution >= 4 is 17.3 Å². The Balaban J connectivity index is 1.25. The molecule has 6 rings (SSSR count). The van der Waals surface area contributed by atoms with Crippen LogP contribution in [0.2, 0.25) is 0 Å². The number of carbonyl (C=O) groups is 1. The van der Waals surface area contributed by atoms with Crippen LogP contribution >= 0.6 is 0 Å². The fourth-order valence-corrected chi connectivity index (χ4v) is 11.6. The predicted octanol–water partition coefficient (Wildman–Crippen LogP) is 9.96. The summed E-state index contributed by atoms with van der Waals surface area (Å²) in [5.41, 5.74) is 15.4. The molecule has 4 aliphatic carbocycles. The van der Waals surface area contributed by atoms with Gasteiger partial charge in [0.25, 0.3) is 0 Å². The van der Waals surface area contributed by atoms with Crippen molar-refractivity contribution in [2.75, 3.05) is 11.5 Å². The lowest BCUT2D eigenvalue weighted by atomic mass is 9.42. The topological polar surface area (TPSA) is 78.3 Å². The summed E-state index contributed by atoms with van der Waals surface area (Å²) in [4.78, 5) is 14.3. The third kappa shape index (κ3) is 6.41. The molecule has 10 atom stereocenters. The number of ether oxygens (including phenoxy) is 1. The Morgan fingerprint density at radius 2 is 1.44 bits per heavy atom. The van der Waals surface area contributed by atoms with Crippen molar-refractivity contribution < 1.29 is 9.53 Å². The Kier molecular flexibility index (Phi) is 9.34. The van der Waals surface area contributed by atoms with E-state index in [0.29, 0.717) is 40.5 Å². The highest BCUT2D eigenvalue weighted by Gasteiger charge is 2.63. The molecule has 0 aromatic heterocycles. The fourth-order valence-electron chi connectivity index (χ4n) is 11.6. The van der Waals surface area contributed by atoms with E-state index in [-0.39, 0.29) is 17.3 Å². The largest absolute Gasteiger partial charge is 0.426 e. The quantitative estimate of drug-likeness (QED) is 0.168. The van der Waals surface area contributed by atoms with E-state index in [1.165, 1.54) is 63.4 Å². The lowest BCUT2D eigenvalue weighted by molar-refractivity contribution is -0.170. The summed E-state index contributed by atoms with van der Waals surface area (Å²) in [6, 6.07) is 15.8. The second kappa shape index (κ2) is 13.0. The van der Waals surface area contributed by atoms with Crippen molar-refractivity contribution in [2.24, 2.45) is 64.1 Å². The summed E-state index contributed by atoms with van der Waals surface area (Å²) >= 11 is 0. The summed E-state index contributed by atoms with van der Waals surface area (Å²) in [7, 11) is 0. The fraction of sp³-hybridized carbons (Fsp3) is 0.683. The van der Waals surface area contributed by atoms with Gasteiger partial charge >= 0.3 is 5.97 Å². The number of anilines is 2. The van der Waals surface area contributed by atoms with E-state index in [1.54, 1.807) is 0 Å². The molecule has 0 saturated heterocycles. The van der Waals surface area contributed by atoms with Crippen LogP contribution in [0.3, 0.4) is 0 Å². The number of nitrogens with two attached hydrogens (primary N) is 2. The van der Waals surface area contributed by atoms with Crippen LogP contribution in [0.15, 0.2) is 48.5 Å². The number of carbonyl (C=O) groups excluding carboxylic acids is 1. The van der Waals surface area contributed by atoms with Crippen LogP contribution in [0.5, 0.6) is 5.75 Å². The summed E-state index contributed by atoms with van der Waals surface area (Å²) in [6.07, 6.45) is 15.2. The molecule has 45 heavy (non-hydrogen) atoms. The molecular formula is C41H60N2O2. The van der Waals surface area contributed by atoms with E-state index in [4.69, 9.17) is 16.2 Å². The standard InChI is InChI=1S/C41H60N2O2/c1-26(2)7-6-8-27(3)35-17-18-36-33-25-34(39(44)45-32-15-13-31(43)14-16-32)38-24-29(23-28-9-11-30(42)12-10-28)19-21-41(38,5)37(33)20-22-40(35,36)4/h9-16,26-27,29,33-38H,6-8,17-25,42-43H2,1-5H3. The molecule has 10 unspecified atom stereocenters. The van der Waals surface area contributed by atoms with Crippen LogP contribution in [0.4, 0.5) is 11.4 Å². The lowest BCUT2D eigenvalue weighted by Gasteiger charge is -2.63. The lowest BCUT2D eigenvalue weighted by Crippen LogP contribution is -2.58. The molecule has 0 bridgehead atoms. The molecule has 0 aliphatic heterocycles. The molecule has 4 N–H and O–H groups in total. The van der Waals surface area contributed by atoms with Gasteiger partial charge in [-0.25, -0.2) is 0 Å². The van der Waals surface area contributed by atoms with Crippen molar-refractivity contribution in [3.63, 3.8) is 0 Å². The third-order valence-electron chi connectivity index (χ3n) is 13.9. The molecule has 0 amide bonds. The summed E-state index contributed by atoms with van der Waals surface area (Å²) in [6.45, 7) is 12.5. The van der Waals surface area contributed by atoms with Gasteiger partial charge in [-0.3, -0.25) is 4.79 Å². The Bertz CT molecular complexity index is 1300. The van der Waals surface area contributed by atoms with E-state index in [2.05, 4.69) is 46.8 Å². The zero-order chi connectivity index (χ0) is 31.9. The van der Waals surface area contributed by atoms with Gasteiger partial charge in [-0.15, -0.1) is 0 Å². The minimum absolute atomic E-state index is 0.00791. The van der Waals surface area contributed by atoms with Crippen LogP contribution in [-0.4, -0.2) is 5.97 Å². The zero-order valence-corrected chi connectivity index (χ0v) is 28.8. The number of hydrogen-bond donors (Lipinski definition) is 2. The molecule has 246 valence electrons. The Morgan fingerprint density at radius 3 is 2.13 bits per heavy atom. The molecular weight excluding hydrogens is 552 g/mol. The highest BCUT2D eigenvalue weighted by molar-refractivity contribution is 5.76. The normalized spacial score (nSPS) is 36.5. The van der Waals surface area contributed by atoms with Gasteiger partial charge in [-0.05, 0) is 158 Å². The molecule has 4 heteroatoms. The molecule has 0 heterocycles. The van der Waals surface area contributed by atoms with E-state index < -0.39 is 0 Å². The number of rotatable bonds is 9. The van der Waals surface area contributed by atoms with Gasteiger partial charge < -0.3 is 16.2 Å². The van der Waals surface area contributed by atoms with Crippen molar-refractivity contribution in [1.82, 2.24) is 0 Å². The second-order valence-corrected chi connectivity index (χ2v) is 16.9. The number of nitrogen functional groups attached to an aromatic ring is 2. The number of benzene rings is 2. The minimum atomic E-state index is -0.0483. The maximum absolute atomic E-state index is 14.3. The van der Waals surface area contributed by atoms with E-state index >= 15 is 0 Å². The van der Waals surface area contributed by atoms with Gasteiger partial charge in [-0.2, -0.15) is 0 Å². The van der Waals surface area contributed by atoms with E-state index in [9.17, 15) is 4.79 Å². The first kappa shape index (κ1) is 32.5. The van der Waals surface area contributed by atoms with Crippen LogP contribution in [0.1, 0.15) is 111 Å². The number of esters is 1. The van der Waals surface area contributed by atoms with Gasteiger partial charge in [0.1, 0.15) is 5.75 Å².